The average Bonchev–Trinajstić information content (AvgIpc) is 2.38. The van der Waals surface area contributed by atoms with E-state index in [4.69, 9.17) is 9.84 Å². The Labute approximate surface area is 138 Å². The Kier molecular flexibility index (Phi) is 4.13. The van der Waals surface area contributed by atoms with Gasteiger partial charge in [0, 0.05) is 30.8 Å². The quantitative estimate of drug-likeness (QED) is 0.866. The van der Waals surface area contributed by atoms with Gasteiger partial charge in [0.25, 0.3) is 0 Å². The van der Waals surface area contributed by atoms with Crippen LogP contribution in [0, 0.1) is 11.3 Å². The van der Waals surface area contributed by atoms with Gasteiger partial charge in [-0.25, -0.2) is 4.79 Å². The molecule has 1 spiro atoms. The molecule has 3 rings (SSSR count). The molecule has 2 fully saturated rings. The van der Waals surface area contributed by atoms with Gasteiger partial charge in [-0.2, -0.15) is 0 Å². The van der Waals surface area contributed by atoms with Crippen molar-refractivity contribution in [3.8, 4) is 0 Å². The molecule has 4 heteroatoms. The van der Waals surface area contributed by atoms with Crippen LogP contribution in [0.15, 0.2) is 24.3 Å². The molecule has 0 amide bonds. The third-order valence-corrected chi connectivity index (χ3v) is 4.88. The molecule has 4 nitrogen and oxygen atoms in total. The van der Waals surface area contributed by atoms with Crippen molar-refractivity contribution in [2.75, 3.05) is 24.6 Å². The third kappa shape index (κ3) is 3.52. The third-order valence-electron chi connectivity index (χ3n) is 4.88. The van der Waals surface area contributed by atoms with Crippen molar-refractivity contribution < 1.29 is 14.6 Å². The van der Waals surface area contributed by atoms with Crippen LogP contribution < -0.4 is 4.90 Å². The lowest BCUT2D eigenvalue weighted by Crippen LogP contribution is -2.62. The van der Waals surface area contributed by atoms with E-state index >= 15 is 0 Å². The lowest BCUT2D eigenvalue weighted by atomic mass is 9.57. The molecule has 0 atom stereocenters. The van der Waals surface area contributed by atoms with Crippen LogP contribution >= 0.6 is 0 Å². The Hall–Kier alpha value is -1.55. The Balaban J connectivity index is 1.59. The van der Waals surface area contributed by atoms with Gasteiger partial charge in [0.15, 0.2) is 0 Å². The van der Waals surface area contributed by atoms with Crippen LogP contribution in [0.4, 0.5) is 5.69 Å². The fraction of sp³-hybridized carbons (Fsp3) is 0.632. The van der Waals surface area contributed by atoms with Gasteiger partial charge >= 0.3 is 5.97 Å². The highest BCUT2D eigenvalue weighted by atomic mass is 16.6. The second kappa shape index (κ2) is 5.82. The Morgan fingerprint density at radius 2 is 2.04 bits per heavy atom. The summed E-state index contributed by atoms with van der Waals surface area (Å²) in [4.78, 5) is 14.5. The maximum Gasteiger partial charge on any atom is 0.338 e. The fourth-order valence-electron chi connectivity index (χ4n) is 3.92. The number of carbonyl (C=O) groups excluding carboxylic acids is 1. The van der Waals surface area contributed by atoms with E-state index in [1.54, 1.807) is 0 Å². The van der Waals surface area contributed by atoms with Gasteiger partial charge in [-0.05, 0) is 64.2 Å². The standard InChI is InChI=1S/C19H27NO3/c1-18(2,3)23-17(22)15-5-4-6-16(9-15)20-12-19(13-20)10-14(11-19)7-8-21/h4-6,9,14,21H,7-8,10-13H2,1-3H3. The van der Waals surface area contributed by atoms with Gasteiger partial charge in [0.2, 0.25) is 0 Å². The molecule has 1 aromatic rings. The van der Waals surface area contributed by atoms with Gasteiger partial charge in [0.1, 0.15) is 5.60 Å². The molecule has 1 saturated carbocycles. The molecule has 0 radical (unpaired) electrons. The molecule has 1 aliphatic carbocycles. The molecule has 1 heterocycles. The number of aliphatic hydroxyl groups is 1. The summed E-state index contributed by atoms with van der Waals surface area (Å²) in [6.07, 6.45) is 3.40. The van der Waals surface area contributed by atoms with E-state index in [1.807, 2.05) is 39.0 Å². The fourth-order valence-corrected chi connectivity index (χ4v) is 3.92. The lowest BCUT2D eigenvalue weighted by molar-refractivity contribution is 0.00692. The molecule has 1 N–H and O–H groups in total. The molecule has 2 aliphatic rings. The van der Waals surface area contributed by atoms with Crippen LogP contribution in [0.3, 0.4) is 0 Å². The molecule has 0 aromatic heterocycles. The highest BCUT2D eigenvalue weighted by Crippen LogP contribution is 2.53. The van der Waals surface area contributed by atoms with Crippen LogP contribution in [0.25, 0.3) is 0 Å². The predicted octanol–water partition coefficient (Wildman–Crippen LogP) is 3.24. The average molecular weight is 317 g/mol. The minimum atomic E-state index is -0.471. The largest absolute Gasteiger partial charge is 0.456 e. The molecule has 1 saturated heterocycles. The summed E-state index contributed by atoms with van der Waals surface area (Å²) in [5.74, 6) is 0.441. The number of carbonyl (C=O) groups is 1. The van der Waals surface area contributed by atoms with Crippen molar-refractivity contribution in [3.05, 3.63) is 29.8 Å². The second-order valence-corrected chi connectivity index (χ2v) is 8.19. The Morgan fingerprint density at radius 3 is 2.65 bits per heavy atom. The highest BCUT2D eigenvalue weighted by Gasteiger charge is 2.51. The van der Waals surface area contributed by atoms with E-state index < -0.39 is 5.60 Å². The predicted molar refractivity (Wildman–Crippen MR) is 90.7 cm³/mol. The normalized spacial score (nSPS) is 20.1. The summed E-state index contributed by atoms with van der Waals surface area (Å²) >= 11 is 0. The number of ether oxygens (including phenoxy) is 1. The molecule has 0 unspecified atom stereocenters. The van der Waals surface area contributed by atoms with Crippen molar-refractivity contribution in [1.82, 2.24) is 0 Å². The number of hydrogen-bond acceptors (Lipinski definition) is 4. The Morgan fingerprint density at radius 1 is 1.35 bits per heavy atom. The first-order chi connectivity index (χ1) is 10.8. The smallest absolute Gasteiger partial charge is 0.338 e. The number of aliphatic hydroxyl groups excluding tert-OH is 1. The van der Waals surface area contributed by atoms with Gasteiger partial charge in [-0.15, -0.1) is 0 Å². The minimum Gasteiger partial charge on any atom is -0.456 e. The summed E-state index contributed by atoms with van der Waals surface area (Å²) < 4.78 is 5.44. The lowest BCUT2D eigenvalue weighted by Gasteiger charge is -2.60. The van der Waals surface area contributed by atoms with Crippen LogP contribution in [-0.4, -0.2) is 36.4 Å². The van der Waals surface area contributed by atoms with Crippen molar-refractivity contribution >= 4 is 11.7 Å². The van der Waals surface area contributed by atoms with E-state index in [9.17, 15) is 4.79 Å². The van der Waals surface area contributed by atoms with Crippen LogP contribution in [-0.2, 0) is 4.74 Å². The van der Waals surface area contributed by atoms with Crippen molar-refractivity contribution in [1.29, 1.82) is 0 Å². The number of rotatable bonds is 4. The SMILES string of the molecule is CC(C)(C)OC(=O)c1cccc(N2CC3(CC(CCO)C3)C2)c1. The molecule has 126 valence electrons. The first-order valence-corrected chi connectivity index (χ1v) is 8.49. The summed E-state index contributed by atoms with van der Waals surface area (Å²) in [7, 11) is 0. The molecule has 1 aliphatic heterocycles. The number of nitrogens with zero attached hydrogens (tertiary/aromatic N) is 1. The monoisotopic (exact) mass is 317 g/mol. The number of esters is 1. The van der Waals surface area contributed by atoms with E-state index in [0.29, 0.717) is 23.5 Å². The first-order valence-electron chi connectivity index (χ1n) is 8.49. The zero-order valence-electron chi connectivity index (χ0n) is 14.3. The molecule has 23 heavy (non-hydrogen) atoms. The zero-order chi connectivity index (χ0) is 16.7. The van der Waals surface area contributed by atoms with E-state index in [2.05, 4.69) is 11.0 Å². The molecule has 0 bridgehead atoms. The van der Waals surface area contributed by atoms with Gasteiger partial charge in [-0.3, -0.25) is 0 Å². The number of hydrogen-bond donors (Lipinski definition) is 1. The molecule has 1 aromatic carbocycles. The van der Waals surface area contributed by atoms with Crippen molar-refractivity contribution in [2.24, 2.45) is 11.3 Å². The molecular formula is C19H27NO3. The zero-order valence-corrected chi connectivity index (χ0v) is 14.3. The van der Waals surface area contributed by atoms with Gasteiger partial charge in [-0.1, -0.05) is 6.07 Å². The topological polar surface area (TPSA) is 49.8 Å². The number of anilines is 1. The van der Waals surface area contributed by atoms with Crippen LogP contribution in [0.5, 0.6) is 0 Å². The second-order valence-electron chi connectivity index (χ2n) is 8.19. The number of benzene rings is 1. The highest BCUT2D eigenvalue weighted by molar-refractivity contribution is 5.90. The van der Waals surface area contributed by atoms with Crippen LogP contribution in [0.1, 0.15) is 50.4 Å². The maximum atomic E-state index is 12.2. The van der Waals surface area contributed by atoms with E-state index in [-0.39, 0.29) is 5.97 Å². The Bertz CT molecular complexity index is 577. The van der Waals surface area contributed by atoms with Crippen molar-refractivity contribution in [3.63, 3.8) is 0 Å². The van der Waals surface area contributed by atoms with E-state index in [0.717, 1.165) is 25.2 Å². The summed E-state index contributed by atoms with van der Waals surface area (Å²) in [5.41, 5.74) is 1.71. The maximum absolute atomic E-state index is 12.2. The van der Waals surface area contributed by atoms with Gasteiger partial charge < -0.3 is 14.7 Å². The van der Waals surface area contributed by atoms with E-state index in [1.165, 1.54) is 12.8 Å². The summed E-state index contributed by atoms with van der Waals surface area (Å²) in [5, 5.41) is 9.00. The van der Waals surface area contributed by atoms with Crippen molar-refractivity contribution in [2.45, 2.75) is 45.6 Å². The minimum absolute atomic E-state index is 0.263. The first kappa shape index (κ1) is 16.3. The summed E-state index contributed by atoms with van der Waals surface area (Å²) in [6.45, 7) is 8.08. The van der Waals surface area contributed by atoms with Crippen LogP contribution in [0.2, 0.25) is 0 Å². The van der Waals surface area contributed by atoms with Gasteiger partial charge in [0.05, 0.1) is 5.56 Å². The summed E-state index contributed by atoms with van der Waals surface area (Å²) in [6, 6.07) is 7.73. The molecular weight excluding hydrogens is 290 g/mol.